The zero-order valence-corrected chi connectivity index (χ0v) is 15.3. The lowest BCUT2D eigenvalue weighted by atomic mass is 10.2. The summed E-state index contributed by atoms with van der Waals surface area (Å²) in [6, 6.07) is 13.4. The average Bonchev–Trinajstić information content (AvgIpc) is 3.07. The summed E-state index contributed by atoms with van der Waals surface area (Å²) in [6.45, 7) is -2.34. The van der Waals surface area contributed by atoms with Crippen LogP contribution in [0.3, 0.4) is 0 Å². The second-order valence-corrected chi connectivity index (χ2v) is 6.26. The number of hydrogen-bond acceptors (Lipinski definition) is 3. The second-order valence-electron chi connectivity index (χ2n) is 5.83. The zero-order valence-electron chi connectivity index (χ0n) is 14.6. The van der Waals surface area contributed by atoms with Crippen LogP contribution in [-0.2, 0) is 11.3 Å². The average molecular weight is 404 g/mol. The van der Waals surface area contributed by atoms with Crippen LogP contribution in [0.1, 0.15) is 11.1 Å². The van der Waals surface area contributed by atoms with Crippen LogP contribution < -0.4 is 10.1 Å². The van der Waals surface area contributed by atoms with Crippen LogP contribution in [0.15, 0.2) is 67.0 Å². The maximum absolute atomic E-state index is 12.1. The fourth-order valence-corrected chi connectivity index (χ4v) is 2.67. The molecule has 0 fully saturated rings. The van der Waals surface area contributed by atoms with Crippen molar-refractivity contribution >= 4 is 29.3 Å². The van der Waals surface area contributed by atoms with Crippen molar-refractivity contribution < 1.29 is 18.3 Å². The van der Waals surface area contributed by atoms with E-state index < -0.39 is 6.61 Å². The molecule has 1 N–H and O–H groups in total. The van der Waals surface area contributed by atoms with E-state index in [1.807, 2.05) is 18.2 Å². The van der Waals surface area contributed by atoms with Gasteiger partial charge in [-0.25, -0.2) is 0 Å². The van der Waals surface area contributed by atoms with Crippen LogP contribution in [0.4, 0.5) is 14.5 Å². The molecule has 28 heavy (non-hydrogen) atoms. The Morgan fingerprint density at radius 3 is 2.75 bits per heavy atom. The molecule has 1 amide bonds. The van der Waals surface area contributed by atoms with Crippen LogP contribution in [0, 0.1) is 0 Å². The Bertz CT molecular complexity index is 972. The highest BCUT2D eigenvalue weighted by molar-refractivity contribution is 6.30. The van der Waals surface area contributed by atoms with Crippen LogP contribution in [0.2, 0.25) is 5.02 Å². The summed E-state index contributed by atoms with van der Waals surface area (Å²) >= 11 is 5.97. The van der Waals surface area contributed by atoms with Crippen molar-refractivity contribution in [3.8, 4) is 5.75 Å². The number of nitrogens with zero attached hydrogens (tertiary/aromatic N) is 2. The smallest absolute Gasteiger partial charge is 0.387 e. The lowest BCUT2D eigenvalue weighted by molar-refractivity contribution is -0.111. The van der Waals surface area contributed by atoms with Gasteiger partial charge >= 0.3 is 6.61 Å². The maximum Gasteiger partial charge on any atom is 0.387 e. The normalized spacial score (nSPS) is 11.1. The third-order valence-corrected chi connectivity index (χ3v) is 3.90. The van der Waals surface area contributed by atoms with Gasteiger partial charge in [-0.15, -0.1) is 0 Å². The van der Waals surface area contributed by atoms with Gasteiger partial charge in [0.05, 0.1) is 18.4 Å². The van der Waals surface area contributed by atoms with Crippen LogP contribution in [0.5, 0.6) is 5.75 Å². The summed E-state index contributed by atoms with van der Waals surface area (Å²) in [6.07, 6.45) is 6.17. The van der Waals surface area contributed by atoms with E-state index in [9.17, 15) is 13.6 Å². The topological polar surface area (TPSA) is 56.1 Å². The Balaban J connectivity index is 1.55. The summed E-state index contributed by atoms with van der Waals surface area (Å²) in [4.78, 5) is 12.0. The van der Waals surface area contributed by atoms with Gasteiger partial charge < -0.3 is 10.1 Å². The molecule has 0 aliphatic heterocycles. The first-order valence-corrected chi connectivity index (χ1v) is 8.66. The number of rotatable bonds is 7. The Hall–Kier alpha value is -3.19. The molecule has 1 heterocycles. The highest BCUT2D eigenvalue weighted by Gasteiger charge is 2.04. The molecule has 0 spiro atoms. The lowest BCUT2D eigenvalue weighted by Crippen LogP contribution is -2.07. The van der Waals surface area contributed by atoms with Crippen LogP contribution in [-0.4, -0.2) is 22.3 Å². The Kier molecular flexibility index (Phi) is 6.39. The quantitative estimate of drug-likeness (QED) is 0.574. The van der Waals surface area contributed by atoms with Crippen LogP contribution >= 0.6 is 11.6 Å². The van der Waals surface area contributed by atoms with Crippen molar-refractivity contribution in [1.29, 1.82) is 0 Å². The summed E-state index contributed by atoms with van der Waals surface area (Å²) in [5.41, 5.74) is 2.22. The predicted octanol–water partition coefficient (Wildman–Crippen LogP) is 4.84. The van der Waals surface area contributed by atoms with Crippen molar-refractivity contribution in [2.75, 3.05) is 5.32 Å². The highest BCUT2D eigenvalue weighted by Crippen LogP contribution is 2.16. The molecule has 0 saturated carbocycles. The van der Waals surface area contributed by atoms with E-state index in [-0.39, 0.29) is 11.7 Å². The SMILES string of the molecule is O=C(/C=C\c1ccc(OC(F)F)cc1)Nc1cnn(Cc2cccc(Cl)c2)c1. The fourth-order valence-electron chi connectivity index (χ4n) is 2.45. The van der Waals surface area contributed by atoms with Crippen molar-refractivity contribution in [2.45, 2.75) is 13.2 Å². The number of amides is 1. The fraction of sp³-hybridized carbons (Fsp3) is 0.100. The van der Waals surface area contributed by atoms with Crippen molar-refractivity contribution in [2.24, 2.45) is 0 Å². The van der Waals surface area contributed by atoms with Gasteiger partial charge in [0.1, 0.15) is 5.75 Å². The van der Waals surface area contributed by atoms with E-state index >= 15 is 0 Å². The molecule has 8 heteroatoms. The van der Waals surface area contributed by atoms with Gasteiger partial charge in [-0.1, -0.05) is 35.9 Å². The Labute approximate surface area is 165 Å². The molecule has 0 bridgehead atoms. The number of carbonyl (C=O) groups is 1. The molecular formula is C20H16ClF2N3O2. The summed E-state index contributed by atoms with van der Waals surface area (Å²) in [5, 5.41) is 7.56. The number of aromatic nitrogens is 2. The standard InChI is InChI=1S/C20H16ClF2N3O2/c21-16-3-1-2-15(10-16)12-26-13-17(11-24-26)25-19(27)9-6-14-4-7-18(8-5-14)28-20(22)23/h1-11,13,20H,12H2,(H,25,27)/b9-6-. The number of benzene rings is 2. The highest BCUT2D eigenvalue weighted by atomic mass is 35.5. The molecule has 0 radical (unpaired) electrons. The molecule has 0 atom stereocenters. The van der Waals surface area contributed by atoms with Crippen LogP contribution in [0.25, 0.3) is 6.08 Å². The zero-order chi connectivity index (χ0) is 19.9. The number of carbonyl (C=O) groups excluding carboxylic acids is 1. The lowest BCUT2D eigenvalue weighted by Gasteiger charge is -2.03. The largest absolute Gasteiger partial charge is 0.435 e. The second kappa shape index (κ2) is 9.14. The number of nitrogens with one attached hydrogen (secondary N) is 1. The third kappa shape index (κ3) is 5.92. The van der Waals surface area contributed by atoms with Gasteiger partial charge in [0.15, 0.2) is 0 Å². The van der Waals surface area contributed by atoms with E-state index in [2.05, 4.69) is 15.2 Å². The predicted molar refractivity (Wildman–Crippen MR) is 104 cm³/mol. The van der Waals surface area contributed by atoms with Crippen molar-refractivity contribution in [3.63, 3.8) is 0 Å². The minimum absolute atomic E-state index is 0.0590. The van der Waals surface area contributed by atoms with Gasteiger partial charge in [-0.2, -0.15) is 13.9 Å². The number of hydrogen-bond donors (Lipinski definition) is 1. The van der Waals surface area contributed by atoms with Gasteiger partial charge in [0, 0.05) is 17.3 Å². The van der Waals surface area contributed by atoms with E-state index in [0.717, 1.165) is 5.56 Å². The van der Waals surface area contributed by atoms with E-state index in [1.165, 1.54) is 18.2 Å². The molecule has 0 aliphatic rings. The molecule has 3 rings (SSSR count). The first-order chi connectivity index (χ1) is 13.5. The number of ether oxygens (including phenoxy) is 1. The number of halogens is 3. The molecule has 0 aliphatic carbocycles. The Morgan fingerprint density at radius 2 is 2.04 bits per heavy atom. The number of anilines is 1. The molecule has 144 valence electrons. The van der Waals surface area contributed by atoms with Crippen molar-refractivity contribution in [1.82, 2.24) is 9.78 Å². The molecule has 2 aromatic carbocycles. The first-order valence-electron chi connectivity index (χ1n) is 8.29. The molecule has 3 aromatic rings. The van der Waals surface area contributed by atoms with Gasteiger partial charge in [0.25, 0.3) is 0 Å². The summed E-state index contributed by atoms with van der Waals surface area (Å²) in [7, 11) is 0. The third-order valence-electron chi connectivity index (χ3n) is 3.67. The van der Waals surface area contributed by atoms with Gasteiger partial charge in [-0.05, 0) is 41.5 Å². The molecule has 0 saturated heterocycles. The first kappa shape index (κ1) is 19.6. The van der Waals surface area contributed by atoms with E-state index in [0.29, 0.717) is 22.8 Å². The van der Waals surface area contributed by atoms with Crippen molar-refractivity contribution in [3.05, 3.63) is 83.2 Å². The van der Waals surface area contributed by atoms with E-state index in [4.69, 9.17) is 11.6 Å². The molecule has 0 unspecified atom stereocenters. The van der Waals surface area contributed by atoms with Gasteiger partial charge in [0.2, 0.25) is 5.91 Å². The minimum Gasteiger partial charge on any atom is -0.435 e. The van der Waals surface area contributed by atoms with E-state index in [1.54, 1.807) is 41.4 Å². The maximum atomic E-state index is 12.1. The monoisotopic (exact) mass is 403 g/mol. The van der Waals surface area contributed by atoms with Gasteiger partial charge in [-0.3, -0.25) is 9.48 Å². The minimum atomic E-state index is -2.87. The molecule has 5 nitrogen and oxygen atoms in total. The molecular weight excluding hydrogens is 388 g/mol. The number of alkyl halides is 2. The Morgan fingerprint density at radius 1 is 1.25 bits per heavy atom. The summed E-state index contributed by atoms with van der Waals surface area (Å²) < 4.78 is 30.2. The molecule has 1 aromatic heterocycles. The summed E-state index contributed by atoms with van der Waals surface area (Å²) in [5.74, 6) is -0.279.